The topological polar surface area (TPSA) is 117 Å². The molecule has 0 atom stereocenters. The fourth-order valence-corrected chi connectivity index (χ4v) is 2.06. The van der Waals surface area contributed by atoms with Crippen molar-refractivity contribution >= 4 is 27.7 Å². The summed E-state index contributed by atoms with van der Waals surface area (Å²) < 4.78 is 31.5. The number of ether oxygens (including phenoxy) is 1. The van der Waals surface area contributed by atoms with Crippen LogP contribution in [0.25, 0.3) is 0 Å². The molecule has 1 aromatic rings. The summed E-state index contributed by atoms with van der Waals surface area (Å²) in [6.07, 6.45) is -1.06. The summed E-state index contributed by atoms with van der Waals surface area (Å²) >= 11 is 0. The Bertz CT molecular complexity index is 595. The van der Waals surface area contributed by atoms with Gasteiger partial charge in [0.15, 0.2) is 0 Å². The molecule has 3 N–H and O–H groups in total. The lowest BCUT2D eigenvalue weighted by Crippen LogP contribution is -2.35. The molecule has 110 valence electrons. The molecule has 1 amide bonds. The van der Waals surface area contributed by atoms with Gasteiger partial charge in [0.05, 0.1) is 18.0 Å². The Morgan fingerprint density at radius 1 is 1.35 bits per heavy atom. The van der Waals surface area contributed by atoms with Crippen LogP contribution in [0.2, 0.25) is 0 Å². The van der Waals surface area contributed by atoms with Gasteiger partial charge in [0.1, 0.15) is 0 Å². The highest BCUT2D eigenvalue weighted by Gasteiger charge is 2.14. The number of carbonyl (C=O) groups excluding carboxylic acids is 1. The average molecular weight is 301 g/mol. The van der Waals surface area contributed by atoms with E-state index < -0.39 is 16.3 Å². The van der Waals surface area contributed by atoms with E-state index >= 15 is 0 Å². The van der Waals surface area contributed by atoms with E-state index in [0.717, 1.165) is 0 Å². The zero-order valence-electron chi connectivity index (χ0n) is 11.0. The number of amides is 1. The lowest BCUT2D eigenvalue weighted by molar-refractivity contribution is 0.159. The standard InChI is InChI=1S/C11H15N3O5S/c1-3-19-11(15)14-20(17,18)13-10-6-4-9(5-7-10)8(2)12-16/h4-7,13,16H,3H2,1-2H3,(H,14,15)/b12-8+. The summed E-state index contributed by atoms with van der Waals surface area (Å²) in [6.45, 7) is 3.22. The molecule has 0 aliphatic heterocycles. The second-order valence-corrected chi connectivity index (χ2v) is 5.11. The van der Waals surface area contributed by atoms with Crippen molar-refractivity contribution in [2.24, 2.45) is 5.16 Å². The molecule has 0 spiro atoms. The number of carbonyl (C=O) groups is 1. The fraction of sp³-hybridized carbons (Fsp3) is 0.273. The molecule has 0 heterocycles. The number of benzene rings is 1. The van der Waals surface area contributed by atoms with Crippen molar-refractivity contribution in [1.29, 1.82) is 0 Å². The van der Waals surface area contributed by atoms with Crippen LogP contribution in [0.4, 0.5) is 10.5 Å². The quantitative estimate of drug-likeness (QED) is 0.430. The highest BCUT2D eigenvalue weighted by atomic mass is 32.2. The molecule has 20 heavy (non-hydrogen) atoms. The molecule has 0 unspecified atom stereocenters. The van der Waals surface area contributed by atoms with Crippen LogP contribution in [-0.2, 0) is 14.9 Å². The van der Waals surface area contributed by atoms with E-state index in [0.29, 0.717) is 11.3 Å². The Balaban J connectivity index is 2.75. The number of anilines is 1. The van der Waals surface area contributed by atoms with Crippen molar-refractivity contribution in [2.75, 3.05) is 11.3 Å². The second-order valence-electron chi connectivity index (χ2n) is 3.69. The normalized spacial score (nSPS) is 11.8. The third kappa shape index (κ3) is 4.76. The van der Waals surface area contributed by atoms with Gasteiger partial charge >= 0.3 is 16.3 Å². The van der Waals surface area contributed by atoms with Crippen LogP contribution >= 0.6 is 0 Å². The number of hydrogen-bond donors (Lipinski definition) is 3. The molecular formula is C11H15N3O5S. The zero-order chi connectivity index (χ0) is 15.2. The maximum Gasteiger partial charge on any atom is 0.422 e. The van der Waals surface area contributed by atoms with Crippen LogP contribution in [0.3, 0.4) is 0 Å². The molecule has 0 fully saturated rings. The summed E-state index contributed by atoms with van der Waals surface area (Å²) in [6, 6.07) is 6.07. The fourth-order valence-electron chi connectivity index (χ4n) is 1.29. The molecule has 9 heteroatoms. The SMILES string of the molecule is CCOC(=O)NS(=O)(=O)Nc1ccc(/C(C)=N/O)cc1. The van der Waals surface area contributed by atoms with Gasteiger partial charge in [0.2, 0.25) is 0 Å². The lowest BCUT2D eigenvalue weighted by atomic mass is 10.1. The highest BCUT2D eigenvalue weighted by molar-refractivity contribution is 7.91. The summed E-state index contributed by atoms with van der Waals surface area (Å²) in [4.78, 5) is 11.0. The molecule has 1 aromatic carbocycles. The third-order valence-electron chi connectivity index (χ3n) is 2.20. The first-order valence-corrected chi connectivity index (χ1v) is 7.12. The van der Waals surface area contributed by atoms with Crippen LogP contribution in [0.1, 0.15) is 19.4 Å². The number of hydrogen-bond acceptors (Lipinski definition) is 6. The summed E-state index contributed by atoms with van der Waals surface area (Å²) in [7, 11) is -4.05. The van der Waals surface area contributed by atoms with Crippen LogP contribution in [-0.4, -0.2) is 32.0 Å². The molecule has 0 radical (unpaired) electrons. The van der Waals surface area contributed by atoms with Crippen molar-refractivity contribution in [3.8, 4) is 0 Å². The minimum Gasteiger partial charge on any atom is -0.449 e. The minimum absolute atomic E-state index is 0.0653. The lowest BCUT2D eigenvalue weighted by Gasteiger charge is -2.09. The first kappa shape index (κ1) is 15.8. The Kier molecular flexibility index (Phi) is 5.32. The van der Waals surface area contributed by atoms with E-state index in [1.54, 1.807) is 30.7 Å². The monoisotopic (exact) mass is 301 g/mol. The zero-order valence-corrected chi connectivity index (χ0v) is 11.8. The van der Waals surface area contributed by atoms with E-state index in [-0.39, 0.29) is 12.3 Å². The maximum absolute atomic E-state index is 11.6. The Morgan fingerprint density at radius 2 is 1.95 bits per heavy atom. The smallest absolute Gasteiger partial charge is 0.422 e. The number of rotatable bonds is 5. The number of nitrogens with zero attached hydrogens (tertiary/aromatic N) is 1. The molecule has 1 rings (SSSR count). The van der Waals surface area contributed by atoms with Crippen LogP contribution in [0.5, 0.6) is 0 Å². The average Bonchev–Trinajstić information content (AvgIpc) is 2.37. The van der Waals surface area contributed by atoms with Crippen molar-refractivity contribution in [1.82, 2.24) is 4.72 Å². The molecule has 0 saturated carbocycles. The first-order valence-electron chi connectivity index (χ1n) is 5.64. The minimum atomic E-state index is -4.05. The highest BCUT2D eigenvalue weighted by Crippen LogP contribution is 2.11. The molecule has 0 aliphatic carbocycles. The van der Waals surface area contributed by atoms with Gasteiger partial charge < -0.3 is 9.94 Å². The predicted octanol–water partition coefficient (Wildman–Crippen LogP) is 1.29. The Morgan fingerprint density at radius 3 is 2.45 bits per heavy atom. The van der Waals surface area contributed by atoms with Crippen molar-refractivity contribution < 1.29 is 23.2 Å². The Labute approximate surface area is 116 Å². The third-order valence-corrected chi connectivity index (χ3v) is 3.14. The van der Waals surface area contributed by atoms with Gasteiger partial charge in [0.25, 0.3) is 0 Å². The predicted molar refractivity (Wildman–Crippen MR) is 73.1 cm³/mol. The van der Waals surface area contributed by atoms with Crippen molar-refractivity contribution in [2.45, 2.75) is 13.8 Å². The second kappa shape index (κ2) is 6.75. The molecule has 0 saturated heterocycles. The summed E-state index contributed by atoms with van der Waals surface area (Å²) in [5.74, 6) is 0. The van der Waals surface area contributed by atoms with Crippen LogP contribution < -0.4 is 9.44 Å². The van der Waals surface area contributed by atoms with Gasteiger partial charge in [-0.2, -0.15) is 8.42 Å². The van der Waals surface area contributed by atoms with Crippen LogP contribution in [0, 0.1) is 0 Å². The number of oxime groups is 1. The van der Waals surface area contributed by atoms with Crippen molar-refractivity contribution in [3.05, 3.63) is 29.8 Å². The van der Waals surface area contributed by atoms with Gasteiger partial charge in [0, 0.05) is 0 Å². The van der Waals surface area contributed by atoms with E-state index in [9.17, 15) is 13.2 Å². The van der Waals surface area contributed by atoms with Gasteiger partial charge in [-0.3, -0.25) is 4.72 Å². The first-order chi connectivity index (χ1) is 9.38. The Hall–Kier alpha value is -2.29. The van der Waals surface area contributed by atoms with Gasteiger partial charge in [-0.1, -0.05) is 17.3 Å². The van der Waals surface area contributed by atoms with E-state index in [2.05, 4.69) is 14.6 Å². The van der Waals surface area contributed by atoms with Crippen molar-refractivity contribution in [3.63, 3.8) is 0 Å². The molecule has 0 aliphatic rings. The van der Waals surface area contributed by atoms with Gasteiger partial charge in [-0.15, -0.1) is 0 Å². The molecule has 0 bridgehead atoms. The van der Waals surface area contributed by atoms with Crippen LogP contribution in [0.15, 0.2) is 29.4 Å². The largest absolute Gasteiger partial charge is 0.449 e. The molecule has 8 nitrogen and oxygen atoms in total. The summed E-state index contributed by atoms with van der Waals surface area (Å²) in [5, 5.41) is 11.6. The molecule has 0 aromatic heterocycles. The maximum atomic E-state index is 11.6. The van der Waals surface area contributed by atoms with Gasteiger partial charge in [-0.25, -0.2) is 9.52 Å². The molecular weight excluding hydrogens is 286 g/mol. The summed E-state index contributed by atoms with van der Waals surface area (Å²) in [5.41, 5.74) is 1.27. The number of nitrogens with one attached hydrogen (secondary N) is 2. The van der Waals surface area contributed by atoms with E-state index in [4.69, 9.17) is 5.21 Å². The van der Waals surface area contributed by atoms with E-state index in [1.165, 1.54) is 12.1 Å². The van der Waals surface area contributed by atoms with E-state index in [1.807, 2.05) is 0 Å². The van der Waals surface area contributed by atoms with Gasteiger partial charge in [-0.05, 0) is 31.5 Å².